The normalized spacial score (nSPS) is 10.9. The Bertz CT molecular complexity index is 1020. The van der Waals surface area contributed by atoms with E-state index in [4.69, 9.17) is 9.47 Å². The first-order valence-corrected chi connectivity index (χ1v) is 10.3. The van der Waals surface area contributed by atoms with Crippen molar-refractivity contribution in [3.63, 3.8) is 0 Å². The third-order valence-corrected chi connectivity index (χ3v) is 5.18. The monoisotopic (exact) mass is 425 g/mol. The Labute approximate surface area is 179 Å². The van der Waals surface area contributed by atoms with Crippen LogP contribution in [0.15, 0.2) is 58.8 Å². The SMILES string of the molecule is CCn1c(SCC(=O)N/N=C\c2cccc(OC)c2)nnc1-c1ccc(OC)cc1. The summed E-state index contributed by atoms with van der Waals surface area (Å²) in [6, 6.07) is 15.0. The summed E-state index contributed by atoms with van der Waals surface area (Å²) >= 11 is 1.31. The van der Waals surface area contributed by atoms with Crippen molar-refractivity contribution in [2.45, 2.75) is 18.6 Å². The zero-order chi connectivity index (χ0) is 21.3. The molecule has 1 aromatic heterocycles. The molecule has 0 saturated heterocycles. The minimum absolute atomic E-state index is 0.177. The summed E-state index contributed by atoms with van der Waals surface area (Å²) in [6.07, 6.45) is 1.57. The first-order valence-electron chi connectivity index (χ1n) is 9.31. The van der Waals surface area contributed by atoms with Crippen LogP contribution >= 0.6 is 11.8 Å². The molecule has 1 N–H and O–H groups in total. The zero-order valence-electron chi connectivity index (χ0n) is 17.0. The van der Waals surface area contributed by atoms with E-state index in [0.717, 1.165) is 28.5 Å². The van der Waals surface area contributed by atoms with Gasteiger partial charge in [-0.1, -0.05) is 23.9 Å². The highest BCUT2D eigenvalue weighted by Crippen LogP contribution is 2.25. The summed E-state index contributed by atoms with van der Waals surface area (Å²) < 4.78 is 12.3. The second kappa shape index (κ2) is 10.4. The number of thioether (sulfide) groups is 1. The van der Waals surface area contributed by atoms with E-state index in [1.807, 2.05) is 60.0 Å². The molecule has 8 nitrogen and oxygen atoms in total. The highest BCUT2D eigenvalue weighted by atomic mass is 32.2. The molecule has 0 aliphatic rings. The number of benzene rings is 2. The fourth-order valence-corrected chi connectivity index (χ4v) is 3.49. The maximum atomic E-state index is 12.1. The van der Waals surface area contributed by atoms with Crippen LogP contribution in [0.5, 0.6) is 11.5 Å². The highest BCUT2D eigenvalue weighted by molar-refractivity contribution is 7.99. The summed E-state index contributed by atoms with van der Waals surface area (Å²) in [6.45, 7) is 2.70. The van der Waals surface area contributed by atoms with Gasteiger partial charge in [0.15, 0.2) is 11.0 Å². The van der Waals surface area contributed by atoms with E-state index in [-0.39, 0.29) is 11.7 Å². The first kappa shape index (κ1) is 21.4. The molecular weight excluding hydrogens is 402 g/mol. The number of hydrogen-bond donors (Lipinski definition) is 1. The van der Waals surface area contributed by atoms with E-state index in [2.05, 4.69) is 20.7 Å². The summed E-state index contributed by atoms with van der Waals surface area (Å²) in [5, 5.41) is 13.2. The lowest BCUT2D eigenvalue weighted by Gasteiger charge is -2.07. The number of aromatic nitrogens is 3. The van der Waals surface area contributed by atoms with Crippen molar-refractivity contribution in [2.75, 3.05) is 20.0 Å². The van der Waals surface area contributed by atoms with Crippen molar-refractivity contribution in [3.8, 4) is 22.9 Å². The lowest BCUT2D eigenvalue weighted by atomic mass is 10.2. The van der Waals surface area contributed by atoms with Crippen LogP contribution < -0.4 is 14.9 Å². The van der Waals surface area contributed by atoms with Crippen LogP contribution in [0.4, 0.5) is 0 Å². The molecule has 3 aromatic rings. The average Bonchev–Trinajstić information content (AvgIpc) is 3.20. The van der Waals surface area contributed by atoms with Gasteiger partial charge in [0.05, 0.1) is 26.2 Å². The van der Waals surface area contributed by atoms with Gasteiger partial charge in [-0.25, -0.2) is 5.43 Å². The number of hydrogen-bond acceptors (Lipinski definition) is 7. The molecule has 0 fully saturated rings. The van der Waals surface area contributed by atoms with Crippen LogP contribution in [0, 0.1) is 0 Å². The molecule has 156 valence electrons. The second-order valence-corrected chi connectivity index (χ2v) is 7.08. The lowest BCUT2D eigenvalue weighted by Crippen LogP contribution is -2.20. The first-order chi connectivity index (χ1) is 14.6. The van der Waals surface area contributed by atoms with Crippen molar-refractivity contribution in [2.24, 2.45) is 5.10 Å². The molecule has 30 heavy (non-hydrogen) atoms. The molecule has 0 aliphatic carbocycles. The van der Waals surface area contributed by atoms with Crippen molar-refractivity contribution < 1.29 is 14.3 Å². The molecule has 0 radical (unpaired) electrons. The summed E-state index contributed by atoms with van der Waals surface area (Å²) in [5.41, 5.74) is 4.29. The molecule has 0 bridgehead atoms. The number of methoxy groups -OCH3 is 2. The van der Waals surface area contributed by atoms with Crippen LogP contribution in [0.1, 0.15) is 12.5 Å². The topological polar surface area (TPSA) is 90.6 Å². The molecular formula is C21H23N5O3S. The number of nitrogens with one attached hydrogen (secondary N) is 1. The highest BCUT2D eigenvalue weighted by Gasteiger charge is 2.14. The molecule has 0 atom stereocenters. The van der Waals surface area contributed by atoms with Crippen LogP contribution in [0.2, 0.25) is 0 Å². The number of amides is 1. The molecule has 0 spiro atoms. The molecule has 1 heterocycles. The Morgan fingerprint density at radius 3 is 2.60 bits per heavy atom. The van der Waals surface area contributed by atoms with Gasteiger partial charge < -0.3 is 14.0 Å². The van der Waals surface area contributed by atoms with Gasteiger partial charge in [-0.05, 0) is 48.9 Å². The Kier molecular flexibility index (Phi) is 7.45. The number of nitrogens with zero attached hydrogens (tertiary/aromatic N) is 4. The molecule has 2 aromatic carbocycles. The van der Waals surface area contributed by atoms with Gasteiger partial charge in [0.25, 0.3) is 5.91 Å². The predicted octanol–water partition coefficient (Wildman–Crippen LogP) is 3.22. The Hall–Kier alpha value is -3.33. The fourth-order valence-electron chi connectivity index (χ4n) is 2.70. The van der Waals surface area contributed by atoms with E-state index in [1.165, 1.54) is 11.8 Å². The quantitative estimate of drug-likeness (QED) is 0.322. The Morgan fingerprint density at radius 2 is 1.90 bits per heavy atom. The third-order valence-electron chi connectivity index (χ3n) is 4.21. The van der Waals surface area contributed by atoms with Crippen LogP contribution in [-0.2, 0) is 11.3 Å². The zero-order valence-corrected chi connectivity index (χ0v) is 17.8. The molecule has 0 saturated carbocycles. The smallest absolute Gasteiger partial charge is 0.250 e. The number of rotatable bonds is 9. The van der Waals surface area contributed by atoms with E-state index in [9.17, 15) is 4.79 Å². The third kappa shape index (κ3) is 5.38. The number of carbonyl (C=O) groups is 1. The maximum Gasteiger partial charge on any atom is 0.250 e. The van der Waals surface area contributed by atoms with Crippen LogP contribution in [0.25, 0.3) is 11.4 Å². The van der Waals surface area contributed by atoms with E-state index < -0.39 is 0 Å². The minimum atomic E-state index is -0.226. The maximum absolute atomic E-state index is 12.1. The van der Waals surface area contributed by atoms with Crippen molar-refractivity contribution in [1.29, 1.82) is 0 Å². The van der Waals surface area contributed by atoms with Gasteiger partial charge >= 0.3 is 0 Å². The largest absolute Gasteiger partial charge is 0.497 e. The molecule has 0 unspecified atom stereocenters. The van der Waals surface area contributed by atoms with Crippen LogP contribution in [-0.4, -0.2) is 46.9 Å². The van der Waals surface area contributed by atoms with E-state index in [0.29, 0.717) is 11.7 Å². The predicted molar refractivity (Wildman–Crippen MR) is 117 cm³/mol. The molecule has 0 aliphatic heterocycles. The standard InChI is InChI=1S/C21H23N5O3S/c1-4-26-20(16-8-10-17(28-2)11-9-16)24-25-21(26)30-14-19(27)23-22-13-15-6-5-7-18(12-15)29-3/h5-13H,4,14H2,1-3H3,(H,23,27)/b22-13-. The van der Waals surface area contributed by atoms with Crippen molar-refractivity contribution >= 4 is 23.9 Å². The van der Waals surface area contributed by atoms with Crippen molar-refractivity contribution in [1.82, 2.24) is 20.2 Å². The molecule has 3 rings (SSSR count). The van der Waals surface area contributed by atoms with Gasteiger partial charge in [0, 0.05) is 12.1 Å². The summed E-state index contributed by atoms with van der Waals surface area (Å²) in [5.74, 6) is 2.21. The number of ether oxygens (including phenoxy) is 2. The second-order valence-electron chi connectivity index (χ2n) is 6.14. The number of hydrazone groups is 1. The fraction of sp³-hybridized carbons (Fsp3) is 0.238. The Balaban J connectivity index is 1.59. The minimum Gasteiger partial charge on any atom is -0.497 e. The van der Waals surface area contributed by atoms with E-state index in [1.54, 1.807) is 20.4 Å². The average molecular weight is 426 g/mol. The van der Waals surface area contributed by atoms with Crippen molar-refractivity contribution in [3.05, 3.63) is 54.1 Å². The van der Waals surface area contributed by atoms with Gasteiger partial charge in [0.2, 0.25) is 0 Å². The molecule has 9 heteroatoms. The van der Waals surface area contributed by atoms with Gasteiger partial charge in [-0.15, -0.1) is 10.2 Å². The van der Waals surface area contributed by atoms with Gasteiger partial charge in [0.1, 0.15) is 11.5 Å². The summed E-state index contributed by atoms with van der Waals surface area (Å²) in [4.78, 5) is 12.1. The van der Waals surface area contributed by atoms with Crippen LogP contribution in [0.3, 0.4) is 0 Å². The lowest BCUT2D eigenvalue weighted by molar-refractivity contribution is -0.118. The van der Waals surface area contributed by atoms with Gasteiger partial charge in [-0.2, -0.15) is 5.10 Å². The van der Waals surface area contributed by atoms with E-state index >= 15 is 0 Å². The Morgan fingerprint density at radius 1 is 1.13 bits per heavy atom. The summed E-state index contributed by atoms with van der Waals surface area (Å²) in [7, 11) is 3.23. The van der Waals surface area contributed by atoms with Gasteiger partial charge in [-0.3, -0.25) is 4.79 Å². The number of carbonyl (C=O) groups excluding carboxylic acids is 1. The molecule has 1 amide bonds.